The summed E-state index contributed by atoms with van der Waals surface area (Å²) < 4.78 is 15.1. The minimum absolute atomic E-state index is 0.000875. The van der Waals surface area contributed by atoms with E-state index in [-0.39, 0.29) is 28.6 Å². The van der Waals surface area contributed by atoms with Crippen molar-refractivity contribution in [1.82, 2.24) is 9.97 Å². The Hall–Kier alpha value is -1.72. The normalized spacial score (nSPS) is 10.3. The fourth-order valence-corrected chi connectivity index (χ4v) is 3.08. The lowest BCUT2D eigenvalue weighted by Crippen LogP contribution is -2.06. The second kappa shape index (κ2) is 5.73. The number of alkyl halides is 1. The number of hydrogen-bond acceptors (Lipinski definition) is 5. The van der Waals surface area contributed by atoms with Gasteiger partial charge in [-0.2, -0.15) is 10.2 Å². The van der Waals surface area contributed by atoms with E-state index in [1.165, 1.54) is 6.07 Å². The molecule has 0 atom stereocenters. The van der Waals surface area contributed by atoms with E-state index in [9.17, 15) is 4.39 Å². The zero-order valence-electron chi connectivity index (χ0n) is 9.99. The highest BCUT2D eigenvalue weighted by Gasteiger charge is 2.19. The van der Waals surface area contributed by atoms with Crippen molar-refractivity contribution >= 4 is 43.6 Å². The molecule has 0 saturated carbocycles. The van der Waals surface area contributed by atoms with Crippen LogP contribution in [0.15, 0.2) is 16.6 Å². The molecule has 0 saturated heterocycles. The van der Waals surface area contributed by atoms with E-state index in [2.05, 4.69) is 41.8 Å². The van der Waals surface area contributed by atoms with Gasteiger partial charge < -0.3 is 11.5 Å². The van der Waals surface area contributed by atoms with Crippen LogP contribution in [0, 0.1) is 17.1 Å². The minimum atomic E-state index is -0.495. The minimum Gasteiger partial charge on any atom is -0.382 e. The number of nitrogen functional groups attached to an aromatic ring is 2. The van der Waals surface area contributed by atoms with Crippen molar-refractivity contribution in [2.75, 3.05) is 11.5 Å². The van der Waals surface area contributed by atoms with Crippen LogP contribution in [-0.2, 0) is 5.33 Å². The molecule has 0 unspecified atom stereocenters. The van der Waals surface area contributed by atoms with Crippen molar-refractivity contribution in [1.29, 1.82) is 5.26 Å². The van der Waals surface area contributed by atoms with E-state index in [0.29, 0.717) is 15.4 Å². The van der Waals surface area contributed by atoms with E-state index in [1.807, 2.05) is 6.07 Å². The van der Waals surface area contributed by atoms with Crippen molar-refractivity contribution in [3.05, 3.63) is 33.5 Å². The molecule has 20 heavy (non-hydrogen) atoms. The number of hydrogen-bond donors (Lipinski definition) is 2. The Kier molecular flexibility index (Phi) is 4.20. The second-order valence-corrected chi connectivity index (χ2v) is 5.24. The standard InChI is InChI=1S/C12H8Br2FN5/c13-3-6-8(14)2-1-5(9(6)15)10-7(4-16)11(17)20-12(18)19-10/h1-2H,3H2,(H4,17,18,19,20). The Labute approximate surface area is 131 Å². The second-order valence-electron chi connectivity index (χ2n) is 3.82. The summed E-state index contributed by atoms with van der Waals surface area (Å²) in [6.45, 7) is 0. The number of nitriles is 1. The molecule has 5 nitrogen and oxygen atoms in total. The molecule has 8 heteroatoms. The van der Waals surface area contributed by atoms with Gasteiger partial charge in [0.25, 0.3) is 0 Å². The van der Waals surface area contributed by atoms with E-state index in [1.54, 1.807) is 6.07 Å². The fourth-order valence-electron chi connectivity index (χ4n) is 1.70. The number of aromatic nitrogens is 2. The first-order chi connectivity index (χ1) is 9.49. The lowest BCUT2D eigenvalue weighted by Gasteiger charge is -2.10. The van der Waals surface area contributed by atoms with Gasteiger partial charge in [0.15, 0.2) is 0 Å². The van der Waals surface area contributed by atoms with Gasteiger partial charge in [-0.05, 0) is 12.1 Å². The first-order valence-electron chi connectivity index (χ1n) is 5.35. The van der Waals surface area contributed by atoms with Gasteiger partial charge in [-0.3, -0.25) is 0 Å². The Bertz CT molecular complexity index is 727. The van der Waals surface area contributed by atoms with Crippen molar-refractivity contribution in [2.45, 2.75) is 5.33 Å². The molecule has 102 valence electrons. The van der Waals surface area contributed by atoms with Gasteiger partial charge >= 0.3 is 0 Å². The quantitative estimate of drug-likeness (QED) is 0.754. The summed E-state index contributed by atoms with van der Waals surface area (Å²) >= 11 is 6.47. The van der Waals surface area contributed by atoms with E-state index in [4.69, 9.17) is 16.7 Å². The summed E-state index contributed by atoms with van der Waals surface area (Å²) in [4.78, 5) is 7.64. The number of halogens is 3. The van der Waals surface area contributed by atoms with Gasteiger partial charge in [-0.1, -0.05) is 31.9 Å². The van der Waals surface area contributed by atoms with Crippen molar-refractivity contribution in [3.63, 3.8) is 0 Å². The zero-order chi connectivity index (χ0) is 14.9. The fraction of sp³-hybridized carbons (Fsp3) is 0.0833. The van der Waals surface area contributed by atoms with Crippen molar-refractivity contribution in [2.24, 2.45) is 0 Å². The van der Waals surface area contributed by atoms with Gasteiger partial charge in [0.1, 0.15) is 23.3 Å². The maximum Gasteiger partial charge on any atom is 0.222 e. The molecule has 2 rings (SSSR count). The molecule has 2 aromatic rings. The number of nitrogens with two attached hydrogens (primary N) is 2. The number of nitrogens with zero attached hydrogens (tertiary/aromatic N) is 3. The molecule has 0 bridgehead atoms. The van der Waals surface area contributed by atoms with Crippen molar-refractivity contribution < 1.29 is 4.39 Å². The van der Waals surface area contributed by atoms with E-state index < -0.39 is 5.82 Å². The molecule has 0 fully saturated rings. The number of anilines is 2. The molecule has 0 radical (unpaired) electrons. The Morgan fingerprint density at radius 1 is 1.30 bits per heavy atom. The molecule has 0 aliphatic heterocycles. The van der Waals surface area contributed by atoms with Crippen LogP contribution >= 0.6 is 31.9 Å². The molecule has 1 aromatic heterocycles. The van der Waals surface area contributed by atoms with Crippen LogP contribution < -0.4 is 11.5 Å². The van der Waals surface area contributed by atoms with Gasteiger partial charge in [-0.15, -0.1) is 0 Å². The predicted molar refractivity (Wildman–Crippen MR) is 81.3 cm³/mol. The molecule has 1 heterocycles. The average molecular weight is 401 g/mol. The van der Waals surface area contributed by atoms with Gasteiger partial charge in [0.05, 0.1) is 5.69 Å². The molecular formula is C12H8Br2FN5. The average Bonchev–Trinajstić information content (AvgIpc) is 2.38. The van der Waals surface area contributed by atoms with Crippen LogP contribution in [0.1, 0.15) is 11.1 Å². The Morgan fingerprint density at radius 3 is 2.60 bits per heavy atom. The monoisotopic (exact) mass is 399 g/mol. The summed E-state index contributed by atoms with van der Waals surface area (Å²) in [6, 6.07) is 5.05. The van der Waals surface area contributed by atoms with Gasteiger partial charge in [0.2, 0.25) is 5.95 Å². The highest BCUT2D eigenvalue weighted by atomic mass is 79.9. The first kappa shape index (κ1) is 14.7. The molecule has 1 aromatic carbocycles. The Balaban J connectivity index is 2.79. The zero-order valence-corrected chi connectivity index (χ0v) is 13.2. The third-order valence-corrected chi connectivity index (χ3v) is 3.94. The maximum atomic E-state index is 14.5. The van der Waals surface area contributed by atoms with Crippen LogP contribution in [0.2, 0.25) is 0 Å². The predicted octanol–water partition coefficient (Wildman–Crippen LogP) is 2.98. The SMILES string of the molecule is N#Cc1c(N)nc(N)nc1-c1ccc(Br)c(CBr)c1F. The number of benzene rings is 1. The van der Waals surface area contributed by atoms with Gasteiger partial charge in [-0.25, -0.2) is 9.37 Å². The largest absolute Gasteiger partial charge is 0.382 e. The third kappa shape index (κ3) is 2.46. The molecule has 0 aliphatic carbocycles. The first-order valence-corrected chi connectivity index (χ1v) is 7.27. The molecule has 4 N–H and O–H groups in total. The highest BCUT2D eigenvalue weighted by Crippen LogP contribution is 2.33. The molecular weight excluding hydrogens is 393 g/mol. The van der Waals surface area contributed by atoms with Crippen LogP contribution in [0.5, 0.6) is 0 Å². The maximum absolute atomic E-state index is 14.5. The summed E-state index contributed by atoms with van der Waals surface area (Å²) in [5.41, 5.74) is 11.8. The lowest BCUT2D eigenvalue weighted by atomic mass is 10.0. The summed E-state index contributed by atoms with van der Waals surface area (Å²) in [5, 5.41) is 9.44. The van der Waals surface area contributed by atoms with Crippen molar-refractivity contribution in [3.8, 4) is 17.3 Å². The summed E-state index contributed by atoms with van der Waals surface area (Å²) in [6.07, 6.45) is 0. The van der Waals surface area contributed by atoms with E-state index in [0.717, 1.165) is 0 Å². The van der Waals surface area contributed by atoms with Gasteiger partial charge in [0, 0.05) is 20.9 Å². The summed E-state index contributed by atoms with van der Waals surface area (Å²) in [5.74, 6) is -0.679. The molecule has 0 aliphatic rings. The third-order valence-electron chi connectivity index (χ3n) is 2.64. The van der Waals surface area contributed by atoms with Crippen LogP contribution in [0.4, 0.5) is 16.2 Å². The van der Waals surface area contributed by atoms with Crippen LogP contribution in [-0.4, -0.2) is 9.97 Å². The highest BCUT2D eigenvalue weighted by molar-refractivity contribution is 9.10. The summed E-state index contributed by atoms with van der Waals surface area (Å²) in [7, 11) is 0. The molecule has 0 amide bonds. The number of rotatable bonds is 2. The Morgan fingerprint density at radius 2 is 2.00 bits per heavy atom. The van der Waals surface area contributed by atoms with E-state index >= 15 is 0 Å². The van der Waals surface area contributed by atoms with Crippen LogP contribution in [0.25, 0.3) is 11.3 Å². The smallest absolute Gasteiger partial charge is 0.222 e. The topological polar surface area (TPSA) is 102 Å². The lowest BCUT2D eigenvalue weighted by molar-refractivity contribution is 0.619. The van der Waals surface area contributed by atoms with Crippen LogP contribution in [0.3, 0.4) is 0 Å². The molecule has 0 spiro atoms.